The van der Waals surface area contributed by atoms with Crippen molar-refractivity contribution in [3.05, 3.63) is 52.1 Å². The Morgan fingerprint density at radius 2 is 1.79 bits per heavy atom. The van der Waals surface area contributed by atoms with Crippen LogP contribution in [0.1, 0.15) is 110 Å². The van der Waals surface area contributed by atoms with Gasteiger partial charge in [0.15, 0.2) is 0 Å². The number of hydrogen-bond acceptors (Lipinski definition) is 14. The molecule has 0 spiro atoms. The van der Waals surface area contributed by atoms with E-state index in [2.05, 4.69) is 70.1 Å². The van der Waals surface area contributed by atoms with Crippen LogP contribution in [0.4, 0.5) is 10.5 Å². The van der Waals surface area contributed by atoms with E-state index in [1.807, 2.05) is 18.5 Å². The molecule has 16 nitrogen and oxygen atoms in total. The average Bonchev–Trinajstić information content (AvgIpc) is 3.90. The Balaban J connectivity index is 1.28. The van der Waals surface area contributed by atoms with Crippen molar-refractivity contribution in [3.63, 3.8) is 0 Å². The van der Waals surface area contributed by atoms with Crippen LogP contribution in [-0.4, -0.2) is 126 Å². The molecule has 364 valence electrons. The minimum atomic E-state index is -1.04. The third kappa shape index (κ3) is 11.8. The van der Waals surface area contributed by atoms with Crippen molar-refractivity contribution in [2.45, 2.75) is 137 Å². The van der Waals surface area contributed by atoms with E-state index in [9.17, 15) is 19.2 Å². The molecule has 2 N–H and O–H groups in total. The fraction of sp³-hybridized carbons (Fsp3) is 0.600. The maximum absolute atomic E-state index is 14.1. The fourth-order valence-electron chi connectivity index (χ4n) is 9.69. The lowest BCUT2D eigenvalue weighted by atomic mass is 9.84. The first-order chi connectivity index (χ1) is 31.9. The maximum Gasteiger partial charge on any atom is 0.408 e. The Kier molecular flexibility index (Phi) is 15.6. The van der Waals surface area contributed by atoms with Crippen molar-refractivity contribution >= 4 is 51.9 Å². The minimum Gasteiger partial charge on any atom is -0.468 e. The predicted molar refractivity (Wildman–Crippen MR) is 260 cm³/mol. The summed E-state index contributed by atoms with van der Waals surface area (Å²) in [6.07, 6.45) is 6.52. The normalized spacial score (nSPS) is 19.1. The second-order valence-corrected chi connectivity index (χ2v) is 20.9. The van der Waals surface area contributed by atoms with Gasteiger partial charge in [0.05, 0.1) is 53.8 Å². The number of ether oxygens (including phenoxy) is 4. The lowest BCUT2D eigenvalue weighted by Gasteiger charge is -2.45. The summed E-state index contributed by atoms with van der Waals surface area (Å²) < 4.78 is 24.5. The number of pyridine rings is 1. The molecular formula is C50H70N8O8S. The number of amides is 2. The first kappa shape index (κ1) is 49.8. The number of hydrogen-bond donors (Lipinski definition) is 2. The highest BCUT2D eigenvalue weighted by molar-refractivity contribution is 7.10. The highest BCUT2D eigenvalue weighted by Gasteiger charge is 2.36. The maximum atomic E-state index is 14.1. The third-order valence-corrected chi connectivity index (χ3v) is 13.9. The first-order valence-electron chi connectivity index (χ1n) is 23.8. The molecule has 0 aliphatic carbocycles. The van der Waals surface area contributed by atoms with E-state index in [4.69, 9.17) is 28.9 Å². The standard InChI is InChI=1S/C50H70N8O8S/c1-11-57-42-18-17-33(41-29-67-43(52-41)25-40(53-48(62)66-49(4,5)6)46(60)58-20-14-16-39(54-58)47(61)64-10)23-36(42)38(26-50(7,8)30-65-32(3)59)45(57)37-24-35(27-51-44(37)31(2)63-9)56-22-21-55-19-13-12-15-34(55)28-56/h17-18,23-24,27,29,31,34,39-40,54H,11-16,19-22,25-26,28,30H2,1-10H3,(H,53,62)/t31-,34+,39-,40-/m0/s1. The van der Waals surface area contributed by atoms with Gasteiger partial charge in [-0.1, -0.05) is 26.3 Å². The van der Waals surface area contributed by atoms with Gasteiger partial charge in [-0.15, -0.1) is 11.3 Å². The quantitative estimate of drug-likeness (QED) is 0.0891. The summed E-state index contributed by atoms with van der Waals surface area (Å²) >= 11 is 1.40. The van der Waals surface area contributed by atoms with Gasteiger partial charge in [-0.3, -0.25) is 29.3 Å². The van der Waals surface area contributed by atoms with E-state index in [0.717, 1.165) is 70.0 Å². The molecule has 7 rings (SSSR count). The van der Waals surface area contributed by atoms with Gasteiger partial charge in [-0.05, 0) is 97.0 Å². The van der Waals surface area contributed by atoms with Crippen LogP contribution in [0.5, 0.6) is 0 Å². The van der Waals surface area contributed by atoms with Crippen LogP contribution in [0.15, 0.2) is 35.8 Å². The van der Waals surface area contributed by atoms with Crippen molar-refractivity contribution in [3.8, 4) is 22.5 Å². The molecule has 67 heavy (non-hydrogen) atoms. The summed E-state index contributed by atoms with van der Waals surface area (Å²) in [5, 5.41) is 7.83. The van der Waals surface area contributed by atoms with Crippen LogP contribution in [0, 0.1) is 5.41 Å². The SMILES string of the molecule is CCn1c(-c2cc(N3CCN4CCCC[C@@H]4C3)cnc2[C@H](C)OC)c(CC(C)(C)COC(C)=O)c2cc(-c3csc(C[C@H](NC(=O)OC(C)(C)C)C(=O)N4CCC[C@@H](C(=O)OC)N4)n3)ccc21. The van der Waals surface area contributed by atoms with Crippen molar-refractivity contribution in [1.82, 2.24) is 35.2 Å². The number of rotatable bonds is 15. The second kappa shape index (κ2) is 21.0. The smallest absolute Gasteiger partial charge is 0.408 e. The number of hydrazine groups is 1. The summed E-state index contributed by atoms with van der Waals surface area (Å²) in [6, 6.07) is 7.54. The number of methoxy groups -OCH3 is 2. The molecular weight excluding hydrogens is 873 g/mol. The Hall–Kier alpha value is -5.10. The molecule has 4 atom stereocenters. The molecule has 17 heteroatoms. The number of carbonyl (C=O) groups is 4. The summed E-state index contributed by atoms with van der Waals surface area (Å²) in [6.45, 7) is 20.6. The number of thiazole rings is 1. The number of piperazine rings is 1. The zero-order chi connectivity index (χ0) is 48.2. The zero-order valence-electron chi connectivity index (χ0n) is 41.0. The molecule has 0 saturated carbocycles. The van der Waals surface area contributed by atoms with Crippen molar-refractivity contribution in [2.24, 2.45) is 5.41 Å². The molecule has 3 aliphatic rings. The van der Waals surface area contributed by atoms with E-state index in [-0.39, 0.29) is 25.1 Å². The second-order valence-electron chi connectivity index (χ2n) is 19.9. The molecule has 3 aromatic heterocycles. The molecule has 3 saturated heterocycles. The van der Waals surface area contributed by atoms with Gasteiger partial charge in [0.1, 0.15) is 17.7 Å². The minimum absolute atomic E-state index is 0.0948. The van der Waals surface area contributed by atoms with Gasteiger partial charge < -0.3 is 33.7 Å². The van der Waals surface area contributed by atoms with Crippen molar-refractivity contribution in [2.75, 3.05) is 58.5 Å². The lowest BCUT2D eigenvalue weighted by molar-refractivity contribution is -0.150. The van der Waals surface area contributed by atoms with Gasteiger partial charge in [-0.2, -0.15) is 0 Å². The Bertz CT molecular complexity index is 2430. The van der Waals surface area contributed by atoms with Gasteiger partial charge in [0, 0.05) is 92.0 Å². The number of nitrogens with one attached hydrogen (secondary N) is 2. The van der Waals surface area contributed by atoms with Crippen LogP contribution < -0.4 is 15.6 Å². The van der Waals surface area contributed by atoms with Crippen LogP contribution in [0.2, 0.25) is 0 Å². The van der Waals surface area contributed by atoms with Gasteiger partial charge in [0.2, 0.25) is 0 Å². The highest BCUT2D eigenvalue weighted by Crippen LogP contribution is 2.43. The monoisotopic (exact) mass is 943 g/mol. The number of carbonyl (C=O) groups excluding carboxylic acids is 4. The van der Waals surface area contributed by atoms with E-state index in [1.54, 1.807) is 27.9 Å². The number of aryl methyl sites for hydroxylation is 1. The highest BCUT2D eigenvalue weighted by atomic mass is 32.1. The Morgan fingerprint density at radius 1 is 1.00 bits per heavy atom. The van der Waals surface area contributed by atoms with E-state index in [1.165, 1.54) is 56.2 Å². The molecule has 4 aromatic rings. The Labute approximate surface area is 399 Å². The molecule has 1 aromatic carbocycles. The van der Waals surface area contributed by atoms with E-state index < -0.39 is 41.1 Å². The van der Waals surface area contributed by atoms with E-state index >= 15 is 0 Å². The number of anilines is 1. The number of aromatic nitrogens is 3. The van der Waals surface area contributed by atoms with Crippen LogP contribution in [0.25, 0.3) is 33.4 Å². The zero-order valence-corrected chi connectivity index (χ0v) is 41.8. The number of alkyl carbamates (subject to hydrolysis) is 1. The van der Waals surface area contributed by atoms with Crippen LogP contribution in [0.3, 0.4) is 0 Å². The Morgan fingerprint density at radius 3 is 2.51 bits per heavy atom. The average molecular weight is 943 g/mol. The molecule has 0 radical (unpaired) electrons. The molecule has 0 unspecified atom stereocenters. The molecule has 6 heterocycles. The van der Waals surface area contributed by atoms with Gasteiger partial charge in [-0.25, -0.2) is 15.2 Å². The predicted octanol–water partition coefficient (Wildman–Crippen LogP) is 7.46. The number of benzene rings is 1. The lowest BCUT2D eigenvalue weighted by Crippen LogP contribution is -2.60. The van der Waals surface area contributed by atoms with E-state index in [0.29, 0.717) is 43.4 Å². The number of nitrogens with zero attached hydrogens (tertiary/aromatic N) is 6. The van der Waals surface area contributed by atoms with Crippen molar-refractivity contribution < 1.29 is 38.1 Å². The number of fused-ring (bicyclic) bond motifs is 2. The van der Waals surface area contributed by atoms with Gasteiger partial charge >= 0.3 is 18.0 Å². The molecule has 2 amide bonds. The molecule has 3 aliphatic heterocycles. The molecule has 0 bridgehead atoms. The number of esters is 2. The van der Waals surface area contributed by atoms with Crippen LogP contribution in [-0.2, 0) is 52.7 Å². The summed E-state index contributed by atoms with van der Waals surface area (Å²) in [5.74, 6) is -1.19. The third-order valence-electron chi connectivity index (χ3n) is 13.1. The summed E-state index contributed by atoms with van der Waals surface area (Å²) in [5.41, 5.74) is 9.57. The topological polar surface area (TPSA) is 170 Å². The summed E-state index contributed by atoms with van der Waals surface area (Å²) in [7, 11) is 3.03. The summed E-state index contributed by atoms with van der Waals surface area (Å²) in [4.78, 5) is 67.2. The van der Waals surface area contributed by atoms with Crippen molar-refractivity contribution in [1.29, 1.82) is 0 Å². The first-order valence-corrected chi connectivity index (χ1v) is 24.7. The fourth-order valence-corrected chi connectivity index (χ4v) is 10.5. The number of piperidine rings is 1. The molecule has 3 fully saturated rings. The van der Waals surface area contributed by atoms with Crippen LogP contribution >= 0.6 is 11.3 Å². The largest absolute Gasteiger partial charge is 0.468 e. The van der Waals surface area contributed by atoms with Gasteiger partial charge in [0.25, 0.3) is 5.91 Å².